The topological polar surface area (TPSA) is 77.8 Å². The summed E-state index contributed by atoms with van der Waals surface area (Å²) in [4.78, 5) is 22.2. The standard InChI is InChI=1S/C6H9NO4/c8-3-7-4(6(10)11)1-2-5(7)9/h4,8H,1-3H2,(H,10,11). The van der Waals surface area contributed by atoms with Crippen molar-refractivity contribution in [1.82, 2.24) is 4.90 Å². The van der Waals surface area contributed by atoms with Gasteiger partial charge in [0.15, 0.2) is 0 Å². The van der Waals surface area contributed by atoms with E-state index in [2.05, 4.69) is 0 Å². The summed E-state index contributed by atoms with van der Waals surface area (Å²) in [5.74, 6) is -1.34. The van der Waals surface area contributed by atoms with Crippen molar-refractivity contribution in [1.29, 1.82) is 0 Å². The first-order chi connectivity index (χ1) is 5.16. The first-order valence-electron chi connectivity index (χ1n) is 3.30. The van der Waals surface area contributed by atoms with E-state index < -0.39 is 18.7 Å². The lowest BCUT2D eigenvalue weighted by molar-refractivity contribution is -0.148. The highest BCUT2D eigenvalue weighted by atomic mass is 16.4. The van der Waals surface area contributed by atoms with Gasteiger partial charge in [-0.3, -0.25) is 4.79 Å². The Bertz CT molecular complexity index is 191. The van der Waals surface area contributed by atoms with E-state index in [0.717, 1.165) is 4.90 Å². The van der Waals surface area contributed by atoms with Crippen molar-refractivity contribution in [2.24, 2.45) is 0 Å². The largest absolute Gasteiger partial charge is 0.480 e. The highest BCUT2D eigenvalue weighted by molar-refractivity contribution is 5.87. The number of hydrogen-bond acceptors (Lipinski definition) is 3. The second-order valence-corrected chi connectivity index (χ2v) is 2.40. The summed E-state index contributed by atoms with van der Waals surface area (Å²) in [6.07, 6.45) is 0.520. The van der Waals surface area contributed by atoms with Crippen LogP contribution in [-0.2, 0) is 9.59 Å². The zero-order valence-electron chi connectivity index (χ0n) is 5.86. The molecular weight excluding hydrogens is 150 g/mol. The third-order valence-corrected chi connectivity index (χ3v) is 1.77. The van der Waals surface area contributed by atoms with Crippen LogP contribution in [0.3, 0.4) is 0 Å². The van der Waals surface area contributed by atoms with E-state index in [9.17, 15) is 9.59 Å². The van der Waals surface area contributed by atoms with Gasteiger partial charge in [-0.1, -0.05) is 0 Å². The highest BCUT2D eigenvalue weighted by Crippen LogP contribution is 2.17. The Balaban J connectivity index is 2.68. The second kappa shape index (κ2) is 2.87. The molecule has 0 aromatic rings. The van der Waals surface area contributed by atoms with Crippen LogP contribution in [-0.4, -0.2) is 39.8 Å². The first kappa shape index (κ1) is 8.00. The number of nitrogens with zero attached hydrogens (tertiary/aromatic N) is 1. The van der Waals surface area contributed by atoms with Gasteiger partial charge in [-0.05, 0) is 6.42 Å². The van der Waals surface area contributed by atoms with Gasteiger partial charge in [0.1, 0.15) is 12.8 Å². The van der Waals surface area contributed by atoms with Gasteiger partial charge in [-0.2, -0.15) is 0 Å². The Morgan fingerprint density at radius 3 is 2.73 bits per heavy atom. The molecule has 1 amide bonds. The number of carboxylic acids is 1. The molecule has 5 nitrogen and oxygen atoms in total. The zero-order chi connectivity index (χ0) is 8.43. The number of carbonyl (C=O) groups is 2. The predicted molar refractivity (Wildman–Crippen MR) is 34.6 cm³/mol. The van der Waals surface area contributed by atoms with Gasteiger partial charge < -0.3 is 15.1 Å². The number of likely N-dealkylation sites (tertiary alicyclic amines) is 1. The molecule has 0 spiro atoms. The second-order valence-electron chi connectivity index (χ2n) is 2.40. The van der Waals surface area contributed by atoms with E-state index in [1.54, 1.807) is 0 Å². The van der Waals surface area contributed by atoms with E-state index >= 15 is 0 Å². The van der Waals surface area contributed by atoms with Crippen molar-refractivity contribution in [3.63, 3.8) is 0 Å². The van der Waals surface area contributed by atoms with Crippen LogP contribution in [0.4, 0.5) is 0 Å². The van der Waals surface area contributed by atoms with Crippen LogP contribution in [0, 0.1) is 0 Å². The maximum Gasteiger partial charge on any atom is 0.326 e. The third kappa shape index (κ3) is 1.32. The molecule has 1 fully saturated rings. The molecule has 1 unspecified atom stereocenters. The fraction of sp³-hybridized carbons (Fsp3) is 0.667. The number of aliphatic carboxylic acids is 1. The van der Waals surface area contributed by atoms with Gasteiger partial charge in [0.2, 0.25) is 5.91 Å². The first-order valence-corrected chi connectivity index (χ1v) is 3.30. The SMILES string of the molecule is O=C(O)C1CCC(=O)N1CO. The van der Waals surface area contributed by atoms with E-state index in [4.69, 9.17) is 10.2 Å². The molecule has 5 heteroatoms. The van der Waals surface area contributed by atoms with Crippen LogP contribution in [0.2, 0.25) is 0 Å². The smallest absolute Gasteiger partial charge is 0.326 e. The Labute approximate surface area is 63.2 Å². The Kier molecular flexibility index (Phi) is 2.09. The maximum absolute atomic E-state index is 10.8. The normalized spacial score (nSPS) is 24.3. The number of amides is 1. The number of aliphatic hydroxyl groups excluding tert-OH is 1. The highest BCUT2D eigenvalue weighted by Gasteiger charge is 2.35. The molecule has 1 aliphatic heterocycles. The lowest BCUT2D eigenvalue weighted by Crippen LogP contribution is -2.38. The quantitative estimate of drug-likeness (QED) is 0.542. The van der Waals surface area contributed by atoms with Crippen LogP contribution < -0.4 is 0 Å². The maximum atomic E-state index is 10.8. The molecule has 1 aliphatic rings. The van der Waals surface area contributed by atoms with Gasteiger partial charge in [0, 0.05) is 6.42 Å². The minimum absolute atomic E-state index is 0.220. The van der Waals surface area contributed by atoms with Gasteiger partial charge in [-0.15, -0.1) is 0 Å². The van der Waals surface area contributed by atoms with E-state index in [1.165, 1.54) is 0 Å². The number of carboxylic acid groups (broad SMARTS) is 1. The molecule has 0 aromatic carbocycles. The van der Waals surface area contributed by atoms with Crippen LogP contribution in [0.1, 0.15) is 12.8 Å². The van der Waals surface area contributed by atoms with Crippen molar-refractivity contribution < 1.29 is 19.8 Å². The van der Waals surface area contributed by atoms with Crippen LogP contribution in [0.15, 0.2) is 0 Å². The summed E-state index contributed by atoms with van der Waals surface area (Å²) in [5, 5.41) is 17.1. The molecule has 62 valence electrons. The Hall–Kier alpha value is -1.10. The molecule has 0 saturated carbocycles. The van der Waals surface area contributed by atoms with Crippen molar-refractivity contribution in [2.75, 3.05) is 6.73 Å². The summed E-state index contributed by atoms with van der Waals surface area (Å²) < 4.78 is 0. The molecular formula is C6H9NO4. The van der Waals surface area contributed by atoms with E-state index in [0.29, 0.717) is 6.42 Å². The van der Waals surface area contributed by atoms with Crippen molar-refractivity contribution in [3.05, 3.63) is 0 Å². The average molecular weight is 159 g/mol. The van der Waals surface area contributed by atoms with Crippen LogP contribution >= 0.6 is 0 Å². The summed E-state index contributed by atoms with van der Waals surface area (Å²) >= 11 is 0. The van der Waals surface area contributed by atoms with E-state index in [1.807, 2.05) is 0 Å². The predicted octanol–water partition coefficient (Wildman–Crippen LogP) is -0.988. The number of aliphatic hydroxyl groups is 1. The molecule has 11 heavy (non-hydrogen) atoms. The van der Waals surface area contributed by atoms with Crippen molar-refractivity contribution in [3.8, 4) is 0 Å². The molecule has 1 saturated heterocycles. The van der Waals surface area contributed by atoms with Gasteiger partial charge in [0.25, 0.3) is 0 Å². The van der Waals surface area contributed by atoms with Crippen molar-refractivity contribution in [2.45, 2.75) is 18.9 Å². The van der Waals surface area contributed by atoms with Gasteiger partial charge >= 0.3 is 5.97 Å². The fourth-order valence-electron chi connectivity index (χ4n) is 1.17. The van der Waals surface area contributed by atoms with Crippen LogP contribution in [0.25, 0.3) is 0 Å². The molecule has 1 atom stereocenters. The summed E-state index contributed by atoms with van der Waals surface area (Å²) in [7, 11) is 0. The minimum atomic E-state index is -1.05. The molecule has 1 rings (SSSR count). The third-order valence-electron chi connectivity index (χ3n) is 1.77. The molecule has 2 N–H and O–H groups in total. The number of carbonyl (C=O) groups excluding carboxylic acids is 1. The lowest BCUT2D eigenvalue weighted by Gasteiger charge is -2.17. The summed E-state index contributed by atoms with van der Waals surface area (Å²) in [6.45, 7) is -0.504. The van der Waals surface area contributed by atoms with E-state index in [-0.39, 0.29) is 12.3 Å². The fourth-order valence-corrected chi connectivity index (χ4v) is 1.17. The summed E-state index contributed by atoms with van der Waals surface area (Å²) in [6, 6.07) is -0.826. The molecule has 0 radical (unpaired) electrons. The lowest BCUT2D eigenvalue weighted by atomic mass is 10.2. The number of hydrogen-bond donors (Lipinski definition) is 2. The Morgan fingerprint density at radius 1 is 1.73 bits per heavy atom. The van der Waals surface area contributed by atoms with Crippen LogP contribution in [0.5, 0.6) is 0 Å². The molecule has 0 aliphatic carbocycles. The van der Waals surface area contributed by atoms with Gasteiger partial charge in [0.05, 0.1) is 0 Å². The molecule has 0 bridgehead atoms. The Morgan fingerprint density at radius 2 is 2.36 bits per heavy atom. The number of rotatable bonds is 2. The average Bonchev–Trinajstić information content (AvgIpc) is 2.30. The monoisotopic (exact) mass is 159 g/mol. The molecule has 0 aromatic heterocycles. The molecule has 1 heterocycles. The van der Waals surface area contributed by atoms with Gasteiger partial charge in [-0.25, -0.2) is 4.79 Å². The van der Waals surface area contributed by atoms with Crippen molar-refractivity contribution >= 4 is 11.9 Å². The zero-order valence-corrected chi connectivity index (χ0v) is 5.86. The summed E-state index contributed by atoms with van der Waals surface area (Å²) in [5.41, 5.74) is 0. The minimum Gasteiger partial charge on any atom is -0.480 e.